The Bertz CT molecular complexity index is 735. The van der Waals surface area contributed by atoms with Gasteiger partial charge in [-0.1, -0.05) is 82.1 Å². The van der Waals surface area contributed by atoms with Crippen LogP contribution < -0.4 is 0 Å². The third-order valence-corrected chi connectivity index (χ3v) is 4.16. The van der Waals surface area contributed by atoms with Crippen molar-refractivity contribution in [1.29, 1.82) is 0 Å². The molecule has 0 amide bonds. The molecule has 3 aromatic carbocycles. The van der Waals surface area contributed by atoms with E-state index >= 15 is 0 Å². The van der Waals surface area contributed by atoms with Gasteiger partial charge in [-0.25, -0.2) is 0 Å². The van der Waals surface area contributed by atoms with Crippen LogP contribution in [0.3, 0.4) is 0 Å². The average Bonchev–Trinajstić information content (AvgIpc) is 2.49. The number of hydrogen-bond acceptors (Lipinski definition) is 0. The molecular weight excluding hydrogens is 332 g/mol. The lowest BCUT2D eigenvalue weighted by Crippen LogP contribution is -1.86. The molecule has 0 fully saturated rings. The smallest absolute Gasteiger partial charge is 0.0412 e. The molecule has 0 unspecified atom stereocenters. The molecule has 0 aliphatic carbocycles. The van der Waals surface area contributed by atoms with E-state index in [1.54, 1.807) is 0 Å². The Morgan fingerprint density at radius 3 is 2.10 bits per heavy atom. The molecule has 20 heavy (non-hydrogen) atoms. The van der Waals surface area contributed by atoms with Crippen molar-refractivity contribution in [3.05, 3.63) is 82.3 Å². The van der Waals surface area contributed by atoms with Crippen molar-refractivity contribution in [3.63, 3.8) is 0 Å². The van der Waals surface area contributed by atoms with Gasteiger partial charge >= 0.3 is 0 Å². The molecule has 0 N–H and O–H groups in total. The Hall–Kier alpha value is -1.57. The summed E-state index contributed by atoms with van der Waals surface area (Å²) in [7, 11) is 0. The van der Waals surface area contributed by atoms with Crippen molar-refractivity contribution >= 4 is 27.5 Å². The van der Waals surface area contributed by atoms with E-state index < -0.39 is 0 Å². The average molecular weight is 344 g/mol. The van der Waals surface area contributed by atoms with Crippen LogP contribution in [0.5, 0.6) is 0 Å². The fourth-order valence-corrected chi connectivity index (χ4v) is 2.96. The van der Waals surface area contributed by atoms with Gasteiger partial charge in [0.1, 0.15) is 0 Å². The first-order valence-corrected chi connectivity index (χ1v) is 7.52. The van der Waals surface area contributed by atoms with Crippen LogP contribution in [0.2, 0.25) is 5.02 Å². The van der Waals surface area contributed by atoms with E-state index in [9.17, 15) is 0 Å². The number of halogens is 2. The van der Waals surface area contributed by atoms with E-state index in [1.807, 2.05) is 42.5 Å². The molecule has 0 saturated carbocycles. The molecule has 0 bridgehead atoms. The summed E-state index contributed by atoms with van der Waals surface area (Å²) in [5, 5.41) is 0.750. The summed E-state index contributed by atoms with van der Waals surface area (Å²) in [5.74, 6) is 0. The summed E-state index contributed by atoms with van der Waals surface area (Å²) < 4.78 is 1.08. The maximum Gasteiger partial charge on any atom is 0.0412 e. The Kier molecular flexibility index (Phi) is 3.90. The van der Waals surface area contributed by atoms with E-state index in [-0.39, 0.29) is 0 Å². The highest BCUT2D eigenvalue weighted by atomic mass is 79.9. The van der Waals surface area contributed by atoms with Gasteiger partial charge in [0.25, 0.3) is 0 Å². The molecule has 0 spiro atoms. The first-order chi connectivity index (χ1) is 9.75. The largest absolute Gasteiger partial charge is 0.0843 e. The van der Waals surface area contributed by atoms with Crippen LogP contribution in [-0.2, 0) is 0 Å². The molecule has 0 aliphatic heterocycles. The fraction of sp³-hybridized carbons (Fsp3) is 0. The van der Waals surface area contributed by atoms with Crippen LogP contribution in [0.25, 0.3) is 22.3 Å². The Balaban J connectivity index is 2.25. The van der Waals surface area contributed by atoms with Crippen molar-refractivity contribution in [2.45, 2.75) is 0 Å². The van der Waals surface area contributed by atoms with Crippen LogP contribution >= 0.6 is 27.5 Å². The van der Waals surface area contributed by atoms with Crippen LogP contribution in [0.15, 0.2) is 77.3 Å². The van der Waals surface area contributed by atoms with Gasteiger partial charge in [-0.05, 0) is 40.5 Å². The lowest BCUT2D eigenvalue weighted by atomic mass is 9.95. The summed E-state index contributed by atoms with van der Waals surface area (Å²) in [6.07, 6.45) is 0. The van der Waals surface area contributed by atoms with Gasteiger partial charge in [-0.3, -0.25) is 0 Å². The first kappa shape index (κ1) is 13.4. The van der Waals surface area contributed by atoms with Crippen LogP contribution in [0.1, 0.15) is 0 Å². The third kappa shape index (κ3) is 2.65. The van der Waals surface area contributed by atoms with Gasteiger partial charge in [0.2, 0.25) is 0 Å². The maximum absolute atomic E-state index is 6.18. The molecule has 0 atom stereocenters. The van der Waals surface area contributed by atoms with E-state index in [2.05, 4.69) is 46.3 Å². The highest BCUT2D eigenvalue weighted by Crippen LogP contribution is 2.37. The summed E-state index contributed by atoms with van der Waals surface area (Å²) in [6.45, 7) is 0. The zero-order valence-electron chi connectivity index (χ0n) is 10.7. The van der Waals surface area contributed by atoms with Crippen molar-refractivity contribution in [2.24, 2.45) is 0 Å². The summed E-state index contributed by atoms with van der Waals surface area (Å²) >= 11 is 9.81. The zero-order chi connectivity index (χ0) is 13.9. The van der Waals surface area contributed by atoms with Gasteiger partial charge in [0, 0.05) is 9.50 Å². The number of hydrogen-bond donors (Lipinski definition) is 0. The maximum atomic E-state index is 6.18. The Morgan fingerprint density at radius 1 is 0.650 bits per heavy atom. The van der Waals surface area contributed by atoms with Crippen molar-refractivity contribution < 1.29 is 0 Å². The predicted molar refractivity (Wildman–Crippen MR) is 90.0 cm³/mol. The summed E-state index contributed by atoms with van der Waals surface area (Å²) in [6, 6.07) is 24.6. The van der Waals surface area contributed by atoms with E-state index in [4.69, 9.17) is 11.6 Å². The molecule has 98 valence electrons. The van der Waals surface area contributed by atoms with Gasteiger partial charge in [0.15, 0.2) is 0 Å². The second-order valence-electron chi connectivity index (χ2n) is 4.54. The van der Waals surface area contributed by atoms with Crippen molar-refractivity contribution in [3.8, 4) is 22.3 Å². The highest BCUT2D eigenvalue weighted by Gasteiger charge is 2.10. The predicted octanol–water partition coefficient (Wildman–Crippen LogP) is 6.44. The molecular formula is C18H12BrCl. The zero-order valence-corrected chi connectivity index (χ0v) is 13.0. The summed E-state index contributed by atoms with van der Waals surface area (Å²) in [4.78, 5) is 0. The standard InChI is InChI=1S/C18H12BrCl/c19-18-9-5-4-8-16(18)15-11-10-14(20)12-17(15)13-6-2-1-3-7-13/h1-12H. The van der Waals surface area contributed by atoms with Crippen LogP contribution in [0, 0.1) is 0 Å². The monoisotopic (exact) mass is 342 g/mol. The van der Waals surface area contributed by atoms with E-state index in [0.717, 1.165) is 15.1 Å². The SMILES string of the molecule is Clc1ccc(-c2ccccc2Br)c(-c2ccccc2)c1. The van der Waals surface area contributed by atoms with E-state index in [0.29, 0.717) is 0 Å². The molecule has 0 radical (unpaired) electrons. The topological polar surface area (TPSA) is 0 Å². The van der Waals surface area contributed by atoms with Crippen molar-refractivity contribution in [1.82, 2.24) is 0 Å². The quantitative estimate of drug-likeness (QED) is 0.502. The van der Waals surface area contributed by atoms with Gasteiger partial charge < -0.3 is 0 Å². The lowest BCUT2D eigenvalue weighted by Gasteiger charge is -2.12. The second kappa shape index (κ2) is 5.82. The van der Waals surface area contributed by atoms with Gasteiger partial charge in [0.05, 0.1) is 0 Å². The second-order valence-corrected chi connectivity index (χ2v) is 5.83. The number of rotatable bonds is 2. The molecule has 0 aromatic heterocycles. The Labute approximate surface area is 132 Å². The highest BCUT2D eigenvalue weighted by molar-refractivity contribution is 9.10. The molecule has 3 aromatic rings. The number of benzene rings is 3. The van der Waals surface area contributed by atoms with Gasteiger partial charge in [-0.2, -0.15) is 0 Å². The van der Waals surface area contributed by atoms with Gasteiger partial charge in [-0.15, -0.1) is 0 Å². The van der Waals surface area contributed by atoms with Crippen LogP contribution in [-0.4, -0.2) is 0 Å². The van der Waals surface area contributed by atoms with E-state index in [1.165, 1.54) is 16.7 Å². The molecule has 3 rings (SSSR count). The fourth-order valence-electron chi connectivity index (χ4n) is 2.29. The minimum absolute atomic E-state index is 0.750. The third-order valence-electron chi connectivity index (χ3n) is 3.23. The normalized spacial score (nSPS) is 10.5. The van der Waals surface area contributed by atoms with Crippen LogP contribution in [0.4, 0.5) is 0 Å². The van der Waals surface area contributed by atoms with Crippen molar-refractivity contribution in [2.75, 3.05) is 0 Å². The molecule has 0 aliphatic rings. The molecule has 0 heterocycles. The lowest BCUT2D eigenvalue weighted by molar-refractivity contribution is 1.56. The molecule has 0 saturated heterocycles. The molecule has 2 heteroatoms. The first-order valence-electron chi connectivity index (χ1n) is 6.35. The Morgan fingerprint density at radius 2 is 1.35 bits per heavy atom. The minimum Gasteiger partial charge on any atom is -0.0843 e. The summed E-state index contributed by atoms with van der Waals surface area (Å²) in [5.41, 5.74) is 4.65. The molecule has 0 nitrogen and oxygen atoms in total. The minimum atomic E-state index is 0.750.